The SMILES string of the molecule is CC(C)(C)NCc1cc(F)cc(OCc2ncccn2)c1. The van der Waals surface area contributed by atoms with Crippen LogP contribution in [0, 0.1) is 5.82 Å². The van der Waals surface area contributed by atoms with Crippen LogP contribution in [0.15, 0.2) is 36.7 Å². The topological polar surface area (TPSA) is 47.0 Å². The number of rotatable bonds is 5. The number of halogens is 1. The molecule has 0 radical (unpaired) electrons. The van der Waals surface area contributed by atoms with Gasteiger partial charge in [0.15, 0.2) is 5.82 Å². The van der Waals surface area contributed by atoms with Crippen molar-refractivity contribution in [3.63, 3.8) is 0 Å². The van der Waals surface area contributed by atoms with E-state index in [1.807, 2.05) is 6.07 Å². The van der Waals surface area contributed by atoms with Crippen LogP contribution in [0.4, 0.5) is 4.39 Å². The third-order valence-corrected chi connectivity index (χ3v) is 2.74. The maximum absolute atomic E-state index is 13.6. The van der Waals surface area contributed by atoms with Gasteiger partial charge in [0, 0.05) is 30.5 Å². The second-order valence-corrected chi connectivity index (χ2v) is 5.85. The van der Waals surface area contributed by atoms with Crippen LogP contribution in [0.5, 0.6) is 5.75 Å². The monoisotopic (exact) mass is 289 g/mol. The number of hydrogen-bond donors (Lipinski definition) is 1. The molecule has 0 aliphatic heterocycles. The highest BCUT2D eigenvalue weighted by Gasteiger charge is 2.10. The summed E-state index contributed by atoms with van der Waals surface area (Å²) in [7, 11) is 0. The molecule has 0 aliphatic rings. The lowest BCUT2D eigenvalue weighted by Crippen LogP contribution is -2.35. The van der Waals surface area contributed by atoms with Crippen molar-refractivity contribution in [2.75, 3.05) is 0 Å². The molecule has 1 aromatic carbocycles. The third-order valence-electron chi connectivity index (χ3n) is 2.74. The molecule has 0 bridgehead atoms. The molecular formula is C16H20FN3O. The number of benzene rings is 1. The average Bonchev–Trinajstić information content (AvgIpc) is 2.43. The van der Waals surface area contributed by atoms with E-state index in [0.29, 0.717) is 18.1 Å². The van der Waals surface area contributed by atoms with E-state index in [1.165, 1.54) is 12.1 Å². The molecule has 2 rings (SSSR count). The van der Waals surface area contributed by atoms with Crippen molar-refractivity contribution in [1.82, 2.24) is 15.3 Å². The molecule has 1 heterocycles. The van der Waals surface area contributed by atoms with Gasteiger partial charge in [-0.05, 0) is 44.5 Å². The average molecular weight is 289 g/mol. The summed E-state index contributed by atoms with van der Waals surface area (Å²) < 4.78 is 19.2. The van der Waals surface area contributed by atoms with Gasteiger partial charge in [0.1, 0.15) is 18.2 Å². The number of nitrogens with zero attached hydrogens (tertiary/aromatic N) is 2. The zero-order valence-corrected chi connectivity index (χ0v) is 12.6. The van der Waals surface area contributed by atoms with Gasteiger partial charge in [-0.25, -0.2) is 14.4 Å². The summed E-state index contributed by atoms with van der Waals surface area (Å²) in [4.78, 5) is 8.13. The van der Waals surface area contributed by atoms with Crippen molar-refractivity contribution in [1.29, 1.82) is 0 Å². The van der Waals surface area contributed by atoms with Gasteiger partial charge < -0.3 is 10.1 Å². The quantitative estimate of drug-likeness (QED) is 0.919. The molecule has 1 N–H and O–H groups in total. The number of nitrogens with one attached hydrogen (secondary N) is 1. The highest BCUT2D eigenvalue weighted by atomic mass is 19.1. The predicted octanol–water partition coefficient (Wildman–Crippen LogP) is 3.08. The predicted molar refractivity (Wildman–Crippen MR) is 79.4 cm³/mol. The Balaban J connectivity index is 2.01. The van der Waals surface area contributed by atoms with E-state index in [2.05, 4.69) is 36.1 Å². The minimum Gasteiger partial charge on any atom is -0.485 e. The van der Waals surface area contributed by atoms with Gasteiger partial charge in [-0.2, -0.15) is 0 Å². The standard InChI is InChI=1S/C16H20FN3O/c1-16(2,3)20-10-12-7-13(17)9-14(8-12)21-11-15-18-5-4-6-19-15/h4-9,20H,10-11H2,1-3H3. The highest BCUT2D eigenvalue weighted by Crippen LogP contribution is 2.18. The van der Waals surface area contributed by atoms with Gasteiger partial charge in [-0.15, -0.1) is 0 Å². The molecule has 0 spiro atoms. The maximum Gasteiger partial charge on any atom is 0.166 e. The molecule has 0 saturated carbocycles. The first-order chi connectivity index (χ1) is 9.92. The fourth-order valence-corrected chi connectivity index (χ4v) is 1.73. The molecule has 0 fully saturated rings. The van der Waals surface area contributed by atoms with Crippen molar-refractivity contribution in [3.8, 4) is 5.75 Å². The van der Waals surface area contributed by atoms with Gasteiger partial charge >= 0.3 is 0 Å². The van der Waals surface area contributed by atoms with Gasteiger partial charge in [0.25, 0.3) is 0 Å². The van der Waals surface area contributed by atoms with Crippen LogP contribution in [-0.2, 0) is 13.2 Å². The van der Waals surface area contributed by atoms with Gasteiger partial charge in [-0.3, -0.25) is 0 Å². The fraction of sp³-hybridized carbons (Fsp3) is 0.375. The number of ether oxygens (including phenoxy) is 1. The minimum atomic E-state index is -0.313. The molecule has 0 unspecified atom stereocenters. The summed E-state index contributed by atoms with van der Waals surface area (Å²) in [6.45, 7) is 7.00. The lowest BCUT2D eigenvalue weighted by molar-refractivity contribution is 0.293. The van der Waals surface area contributed by atoms with E-state index < -0.39 is 0 Å². The van der Waals surface area contributed by atoms with Crippen LogP contribution in [0.1, 0.15) is 32.2 Å². The van der Waals surface area contributed by atoms with Gasteiger partial charge in [0.05, 0.1) is 0 Å². The third kappa shape index (κ3) is 5.47. The molecule has 5 heteroatoms. The van der Waals surface area contributed by atoms with Gasteiger partial charge in [-0.1, -0.05) is 0 Å². The smallest absolute Gasteiger partial charge is 0.166 e. The second-order valence-electron chi connectivity index (χ2n) is 5.85. The zero-order chi connectivity index (χ0) is 15.3. The van der Waals surface area contributed by atoms with E-state index in [0.717, 1.165) is 5.56 Å². The molecule has 0 saturated heterocycles. The fourth-order valence-electron chi connectivity index (χ4n) is 1.73. The summed E-state index contributed by atoms with van der Waals surface area (Å²) in [5.74, 6) is 0.733. The Morgan fingerprint density at radius 1 is 1.14 bits per heavy atom. The van der Waals surface area contributed by atoms with Crippen molar-refractivity contribution in [2.24, 2.45) is 0 Å². The maximum atomic E-state index is 13.6. The molecule has 112 valence electrons. The summed E-state index contributed by atoms with van der Waals surface area (Å²) >= 11 is 0. The zero-order valence-electron chi connectivity index (χ0n) is 12.6. The molecule has 21 heavy (non-hydrogen) atoms. The van der Waals surface area contributed by atoms with E-state index in [9.17, 15) is 4.39 Å². The second kappa shape index (κ2) is 6.63. The number of aromatic nitrogens is 2. The normalized spacial score (nSPS) is 11.4. The number of hydrogen-bond acceptors (Lipinski definition) is 4. The first-order valence-corrected chi connectivity index (χ1v) is 6.85. The largest absolute Gasteiger partial charge is 0.485 e. The molecule has 0 aliphatic carbocycles. The van der Waals surface area contributed by atoms with Crippen LogP contribution in [-0.4, -0.2) is 15.5 Å². The lowest BCUT2D eigenvalue weighted by Gasteiger charge is -2.20. The summed E-state index contributed by atoms with van der Waals surface area (Å²) in [6, 6.07) is 6.43. The first-order valence-electron chi connectivity index (χ1n) is 6.85. The lowest BCUT2D eigenvalue weighted by atomic mass is 10.1. The van der Waals surface area contributed by atoms with Crippen LogP contribution < -0.4 is 10.1 Å². The van der Waals surface area contributed by atoms with E-state index in [-0.39, 0.29) is 18.0 Å². The Morgan fingerprint density at radius 3 is 2.52 bits per heavy atom. The molecule has 1 aromatic heterocycles. The summed E-state index contributed by atoms with van der Waals surface area (Å²) in [5.41, 5.74) is 0.819. The minimum absolute atomic E-state index is 0.0226. The van der Waals surface area contributed by atoms with E-state index in [4.69, 9.17) is 4.74 Å². The van der Waals surface area contributed by atoms with Crippen LogP contribution >= 0.6 is 0 Å². The first kappa shape index (κ1) is 15.4. The van der Waals surface area contributed by atoms with Crippen molar-refractivity contribution >= 4 is 0 Å². The molecule has 0 atom stereocenters. The molecule has 0 amide bonds. The van der Waals surface area contributed by atoms with Crippen molar-refractivity contribution in [3.05, 3.63) is 53.9 Å². The Bertz CT molecular complexity index is 582. The van der Waals surface area contributed by atoms with E-state index in [1.54, 1.807) is 18.5 Å². The summed E-state index contributed by atoms with van der Waals surface area (Å²) in [5, 5.41) is 3.32. The van der Waals surface area contributed by atoms with Crippen molar-refractivity contribution in [2.45, 2.75) is 39.5 Å². The molecular weight excluding hydrogens is 269 g/mol. The van der Waals surface area contributed by atoms with Crippen LogP contribution in [0.25, 0.3) is 0 Å². The molecule has 4 nitrogen and oxygen atoms in total. The van der Waals surface area contributed by atoms with Crippen LogP contribution in [0.2, 0.25) is 0 Å². The van der Waals surface area contributed by atoms with E-state index >= 15 is 0 Å². The Kier molecular flexibility index (Phi) is 4.85. The van der Waals surface area contributed by atoms with Crippen molar-refractivity contribution < 1.29 is 9.13 Å². The highest BCUT2D eigenvalue weighted by molar-refractivity contribution is 5.29. The van der Waals surface area contributed by atoms with Gasteiger partial charge in [0.2, 0.25) is 0 Å². The van der Waals surface area contributed by atoms with Crippen LogP contribution in [0.3, 0.4) is 0 Å². The Morgan fingerprint density at radius 2 is 1.86 bits per heavy atom. The molecule has 2 aromatic rings. The Labute approximate surface area is 124 Å². The Hall–Kier alpha value is -2.01. The summed E-state index contributed by atoms with van der Waals surface area (Å²) in [6.07, 6.45) is 3.30.